The molecule has 0 amide bonds. The van der Waals surface area contributed by atoms with Crippen LogP contribution in [0.1, 0.15) is 108 Å². The van der Waals surface area contributed by atoms with Crippen LogP contribution in [-0.4, -0.2) is 69.1 Å². The maximum absolute atomic E-state index is 11.8. The summed E-state index contributed by atoms with van der Waals surface area (Å²) in [7, 11) is 0. The second kappa shape index (κ2) is 44.8. The van der Waals surface area contributed by atoms with Crippen molar-refractivity contribution < 1.29 is 98.3 Å². The number of carbonyl (C=O) groups is 3. The molecule has 0 radical (unpaired) electrons. The summed E-state index contributed by atoms with van der Waals surface area (Å²) in [4.78, 5) is 45.7. The average molecular weight is 1700 g/mol. The number of benzene rings is 7. The third-order valence-electron chi connectivity index (χ3n) is 18.0. The predicted molar refractivity (Wildman–Crippen MR) is 432 cm³/mol. The number of ether oxygens (including phenoxy) is 3. The van der Waals surface area contributed by atoms with E-state index in [1.54, 1.807) is 23.5 Å². The van der Waals surface area contributed by atoms with E-state index in [-0.39, 0.29) is 75.5 Å². The fourth-order valence-corrected chi connectivity index (χ4v) is 16.4. The highest BCUT2D eigenvalue weighted by molar-refractivity contribution is 8.04. The van der Waals surface area contributed by atoms with Gasteiger partial charge in [0.2, 0.25) is 16.6 Å². The van der Waals surface area contributed by atoms with E-state index in [1.807, 2.05) is 56.8 Å². The van der Waals surface area contributed by atoms with Gasteiger partial charge in [-0.25, -0.2) is 0 Å². The van der Waals surface area contributed by atoms with Crippen LogP contribution in [-0.2, 0) is 48.2 Å². The van der Waals surface area contributed by atoms with Gasteiger partial charge in [-0.1, -0.05) is 188 Å². The molecule has 10 aromatic rings. The number of para-hydroxylation sites is 6. The van der Waals surface area contributed by atoms with Crippen LogP contribution in [0, 0.1) is 0 Å². The average Bonchev–Trinajstić information content (AvgIpc) is 1.24. The molecule has 3 aliphatic heterocycles. The van der Waals surface area contributed by atoms with E-state index < -0.39 is 0 Å². The number of fused-ring (bicyclic) bond motifs is 6. The maximum Gasteiger partial charge on any atom is 0.306 e. The summed E-state index contributed by atoms with van der Waals surface area (Å²) >= 11 is 5.32. The normalized spacial score (nSPS) is 13.8. The van der Waals surface area contributed by atoms with Gasteiger partial charge >= 0.3 is 17.9 Å². The summed E-state index contributed by atoms with van der Waals surface area (Å²) in [5.41, 5.74) is 12.1. The molecule has 0 bridgehead atoms. The maximum atomic E-state index is 11.8. The number of β-amino-alcohol motifs (C(OH)–C–C–N with tert-alkyl or cyclic N) is 1. The van der Waals surface area contributed by atoms with Crippen molar-refractivity contribution in [2.75, 3.05) is 60.8 Å². The Morgan fingerprint density at radius 3 is 1.19 bits per heavy atom. The lowest BCUT2D eigenvalue weighted by Gasteiger charge is -2.20. The fourth-order valence-electron chi connectivity index (χ4n) is 13.1. The highest BCUT2D eigenvalue weighted by Gasteiger charge is 2.27. The summed E-state index contributed by atoms with van der Waals surface area (Å²) in [6, 6.07) is 67.9. The number of aliphatic hydroxyl groups is 1. The number of anilines is 3. The van der Waals surface area contributed by atoms with Crippen molar-refractivity contribution in [1.82, 2.24) is 0 Å². The largest absolute Gasteiger partial charge is 1.00 e. The second-order valence-electron chi connectivity index (χ2n) is 25.3. The Morgan fingerprint density at radius 2 is 0.750 bits per heavy atom. The number of allylic oxidation sites excluding steroid dienone is 6. The number of rotatable bonds is 29. The summed E-state index contributed by atoms with van der Waals surface area (Å²) < 4.78 is 22.0. The molecule has 7 aromatic carbocycles. The van der Waals surface area contributed by atoms with Crippen LogP contribution in [0.2, 0.25) is 0 Å². The lowest BCUT2D eigenvalue weighted by Crippen LogP contribution is -3.00. The van der Waals surface area contributed by atoms with Crippen molar-refractivity contribution in [3.63, 3.8) is 0 Å². The van der Waals surface area contributed by atoms with E-state index in [9.17, 15) is 19.5 Å². The minimum Gasteiger partial charge on any atom is -1.00 e. The van der Waals surface area contributed by atoms with E-state index >= 15 is 0 Å². The molecule has 0 atom stereocenters. The first-order valence-corrected chi connectivity index (χ1v) is 39.2. The zero-order valence-electron chi connectivity index (χ0n) is 61.8. The molecule has 562 valence electrons. The van der Waals surface area contributed by atoms with Gasteiger partial charge in [0, 0.05) is 102 Å². The van der Waals surface area contributed by atoms with E-state index in [1.165, 1.54) is 80.0 Å². The van der Waals surface area contributed by atoms with Crippen molar-refractivity contribution in [2.24, 2.45) is 0 Å². The zero-order valence-corrected chi connectivity index (χ0v) is 69.0. The highest BCUT2D eigenvalue weighted by Crippen LogP contribution is 2.48. The molecule has 0 unspecified atom stereocenters. The van der Waals surface area contributed by atoms with Crippen molar-refractivity contribution in [3.8, 4) is 0 Å². The number of aliphatic hydroxyl groups excluding tert-OH is 1. The Balaban J connectivity index is 0.000000202. The fraction of sp³-hybridized carbons (Fsp3) is 0.258. The molecular weight excluding hydrogens is 1600 g/mol. The molecule has 19 heteroatoms. The van der Waals surface area contributed by atoms with Gasteiger partial charge < -0.3 is 85.0 Å². The quantitative estimate of drug-likeness (QED) is 0.0208. The van der Waals surface area contributed by atoms with Crippen molar-refractivity contribution >= 4 is 121 Å². The van der Waals surface area contributed by atoms with Gasteiger partial charge in [0.1, 0.15) is 13.1 Å². The van der Waals surface area contributed by atoms with Crippen molar-refractivity contribution in [2.45, 2.75) is 120 Å². The lowest BCUT2D eigenvalue weighted by atomic mass is 10.1. The van der Waals surface area contributed by atoms with E-state index in [0.29, 0.717) is 45.6 Å². The molecule has 0 aliphatic carbocycles. The van der Waals surface area contributed by atoms with Crippen LogP contribution in [0.15, 0.2) is 279 Å². The zero-order chi connectivity index (χ0) is 73.0. The van der Waals surface area contributed by atoms with Gasteiger partial charge in [0.25, 0.3) is 0 Å². The molecule has 3 aliphatic rings. The Labute approximate surface area is 681 Å². The Morgan fingerprint density at radius 1 is 0.389 bits per heavy atom. The molecule has 0 fully saturated rings. The van der Waals surface area contributed by atoms with Crippen LogP contribution >= 0.6 is 35.3 Å². The van der Waals surface area contributed by atoms with Crippen molar-refractivity contribution in [1.29, 1.82) is 0 Å². The number of aromatic nitrogens is 3. The number of thioether (sulfide) groups is 3. The number of nitrogens with zero attached hydrogens (tertiary/aromatic N) is 6. The monoisotopic (exact) mass is 1690 g/mol. The van der Waals surface area contributed by atoms with Gasteiger partial charge in [-0.05, 0) is 130 Å². The van der Waals surface area contributed by atoms with Crippen LogP contribution in [0.25, 0.3) is 50.9 Å². The third kappa shape index (κ3) is 23.3. The van der Waals surface area contributed by atoms with Crippen LogP contribution in [0.3, 0.4) is 0 Å². The first-order chi connectivity index (χ1) is 51.6. The third-order valence-corrected chi connectivity index (χ3v) is 21.4. The topological polar surface area (TPSA) is 120 Å². The van der Waals surface area contributed by atoms with Gasteiger partial charge in [-0.15, -0.1) is 0 Å². The number of pyridine rings is 3. The van der Waals surface area contributed by atoms with Gasteiger partial charge in [-0.2, -0.15) is 13.7 Å². The van der Waals surface area contributed by atoms with E-state index in [2.05, 4.69) is 278 Å². The van der Waals surface area contributed by atoms with E-state index in [0.717, 1.165) is 93.0 Å². The molecule has 6 heterocycles. The molecule has 13 rings (SSSR count). The molecule has 0 spiro atoms. The van der Waals surface area contributed by atoms with Crippen LogP contribution < -0.4 is 79.3 Å². The minimum atomic E-state index is -0.142. The number of esters is 3. The summed E-state index contributed by atoms with van der Waals surface area (Å²) in [5, 5.41) is 16.7. The number of halogens is 3. The molecule has 3 aromatic heterocycles. The molecule has 13 nitrogen and oxygen atoms in total. The van der Waals surface area contributed by atoms with Crippen molar-refractivity contribution in [3.05, 3.63) is 287 Å². The predicted octanol–water partition coefficient (Wildman–Crippen LogP) is 10.1. The molecular formula is C89H95Br3N6O7S3. The van der Waals surface area contributed by atoms with Crippen LogP contribution in [0.4, 0.5) is 17.1 Å². The number of carbonyl (C=O) groups excluding carboxylic acids is 3. The number of unbranched alkanes of at least 4 members (excludes halogenated alkanes) is 2. The van der Waals surface area contributed by atoms with Gasteiger partial charge in [0.05, 0.1) is 81.2 Å². The first kappa shape index (κ1) is 85.1. The summed E-state index contributed by atoms with van der Waals surface area (Å²) in [6.07, 6.45) is 32.7. The van der Waals surface area contributed by atoms with Crippen LogP contribution in [0.5, 0.6) is 0 Å². The van der Waals surface area contributed by atoms with Gasteiger partial charge in [0.15, 0.2) is 25.1 Å². The number of hydrogen-bond acceptors (Lipinski definition) is 13. The molecule has 0 saturated carbocycles. The van der Waals surface area contributed by atoms with Gasteiger partial charge in [-0.3, -0.25) is 14.4 Å². The Bertz CT molecular complexity index is 4820. The summed E-state index contributed by atoms with van der Waals surface area (Å²) in [6.45, 7) is 14.1. The number of aryl methyl sites for hydroxylation is 2. The standard InChI is InChI=1S/C34H35N2O2S.C28H31N2O2S.C27H29N2O3S.3BrH/c1-2-38-34(37)22-7-4-12-24-36-31-19-10-11-20-32(31)39-33(36)21-13-16-28-23-25-35(26-27-14-5-3-6-15-27)30-18-9-8-17-29(28)30;1-3-19-29-21-18-22(23-12-5-6-13-24(23)29)11-9-16-27-30(20-10-17-28(31)32-4-2)25-14-7-8-15-26(25)33-27;1-2-32-27(31)15-8-17-28-18-16-21(22-10-3-4-11-23(22)28)9-7-14-26-29(19-20-30)24-12-5-6-13-25(24)33-26;;;/h3,5-6,8-11,13-21,23,25H,2,4,7,12,22,24,26H2,1H3;5-9,11-16,18,21H,3-4,10,17,19-20H2,1-2H3;3-7,9-14,16,18,30H,2,8,15,17,19-20H2,1H3;3*1H/q3*+1;;;/p-3. The lowest BCUT2D eigenvalue weighted by molar-refractivity contribution is -0.671. The van der Waals surface area contributed by atoms with E-state index in [4.69, 9.17) is 14.2 Å². The SMILES string of the molecule is CCC[n+]1ccc(C=CC=C2Sc3ccccc3N2CCCC(=O)OCC)c2ccccc21.CCOC(=O)CCCCCN1C(=CC=Cc2cc[n+](Cc3ccccc3)c3ccccc23)Sc2ccccc21.CCOC(=O)CCC[n+]1ccc(C=CC=C2Sc3ccccc3N2CCO)c2ccccc21.[Br-].[Br-].[Br-]. The number of hydrogen-bond donors (Lipinski definition) is 1. The smallest absolute Gasteiger partial charge is 0.306 e. The summed E-state index contributed by atoms with van der Waals surface area (Å²) in [5.74, 6) is -0.360. The first-order valence-electron chi connectivity index (χ1n) is 36.8. The molecule has 1 N–H and O–H groups in total. The highest BCUT2D eigenvalue weighted by atomic mass is 79.9. The molecule has 0 saturated heterocycles. The molecule has 108 heavy (non-hydrogen) atoms. The minimum absolute atomic E-state index is 0. The Kier molecular flexibility index (Phi) is 35.3. The Hall–Kier alpha value is -8.53. The second-order valence-corrected chi connectivity index (χ2v) is 28.5.